The molecule has 142 valence electrons. The lowest BCUT2D eigenvalue weighted by Gasteiger charge is -2.16. The summed E-state index contributed by atoms with van der Waals surface area (Å²) in [5.41, 5.74) is 0.817. The van der Waals surface area contributed by atoms with Crippen LogP contribution in [0.4, 0.5) is 10.5 Å². The zero-order valence-corrected chi connectivity index (χ0v) is 15.1. The van der Waals surface area contributed by atoms with Crippen LogP contribution in [0, 0.1) is 0 Å². The van der Waals surface area contributed by atoms with Gasteiger partial charge in [-0.05, 0) is 12.1 Å². The number of nitrogens with zero attached hydrogens (tertiary/aromatic N) is 2. The maximum atomic E-state index is 11.5. The number of hydrogen-bond acceptors (Lipinski definition) is 5. The molecule has 1 saturated heterocycles. The van der Waals surface area contributed by atoms with E-state index in [1.54, 1.807) is 14.2 Å². The Kier molecular flexibility index (Phi) is 7.69. The molecule has 0 unspecified atom stereocenters. The van der Waals surface area contributed by atoms with Crippen LogP contribution in [0.15, 0.2) is 29.3 Å². The lowest BCUT2D eigenvalue weighted by Crippen LogP contribution is -2.40. The van der Waals surface area contributed by atoms with Gasteiger partial charge in [0.1, 0.15) is 5.75 Å². The molecule has 0 aliphatic carbocycles. The number of carbonyl (C=O) groups is 2. The summed E-state index contributed by atoms with van der Waals surface area (Å²) in [6.45, 7) is 1.96. The summed E-state index contributed by atoms with van der Waals surface area (Å²) in [4.78, 5) is 28.3. The highest BCUT2D eigenvalue weighted by atomic mass is 16.5. The van der Waals surface area contributed by atoms with Crippen molar-refractivity contribution in [1.29, 1.82) is 0 Å². The quantitative estimate of drug-likeness (QED) is 0.257. The number of imide groups is 1. The Morgan fingerprint density at radius 2 is 2.19 bits per heavy atom. The Balaban J connectivity index is 1.80. The summed E-state index contributed by atoms with van der Waals surface area (Å²) >= 11 is 0. The molecule has 1 aliphatic rings. The van der Waals surface area contributed by atoms with Crippen LogP contribution >= 0.6 is 0 Å². The standard InChI is InChI=1S/C17H25N5O4/c1-18-16(19-7-8-22-15(23)12-20-17(22)24)21-13-5-3-6-14(11-13)26-10-4-9-25-2/h3,5-6,11H,4,7-10,12H2,1-2H3,(H,20,24)(H2,18,19,21). The van der Waals surface area contributed by atoms with Crippen molar-refractivity contribution in [2.24, 2.45) is 4.99 Å². The molecule has 9 heteroatoms. The van der Waals surface area contributed by atoms with E-state index >= 15 is 0 Å². The van der Waals surface area contributed by atoms with Crippen LogP contribution in [0.5, 0.6) is 5.75 Å². The highest BCUT2D eigenvalue weighted by Gasteiger charge is 2.27. The first-order valence-electron chi connectivity index (χ1n) is 8.41. The number of amides is 3. The third-order valence-corrected chi connectivity index (χ3v) is 3.65. The Morgan fingerprint density at radius 3 is 2.88 bits per heavy atom. The molecule has 1 aliphatic heterocycles. The van der Waals surface area contributed by atoms with Gasteiger partial charge in [0.2, 0.25) is 5.91 Å². The summed E-state index contributed by atoms with van der Waals surface area (Å²) in [6, 6.07) is 7.17. The summed E-state index contributed by atoms with van der Waals surface area (Å²) in [5.74, 6) is 1.06. The minimum Gasteiger partial charge on any atom is -0.493 e. The largest absolute Gasteiger partial charge is 0.493 e. The van der Waals surface area contributed by atoms with Crippen LogP contribution in [0.3, 0.4) is 0 Å². The fourth-order valence-corrected chi connectivity index (χ4v) is 2.34. The molecule has 1 aromatic rings. The van der Waals surface area contributed by atoms with Gasteiger partial charge in [-0.1, -0.05) is 6.07 Å². The molecular formula is C17H25N5O4. The number of urea groups is 1. The topological polar surface area (TPSA) is 104 Å². The van der Waals surface area contributed by atoms with Gasteiger partial charge >= 0.3 is 6.03 Å². The van der Waals surface area contributed by atoms with Gasteiger partial charge in [-0.3, -0.25) is 14.7 Å². The Hall–Kier alpha value is -2.81. The SMILES string of the molecule is CN=C(NCCN1C(=O)CNC1=O)Nc1cccc(OCCCOC)c1. The van der Waals surface area contributed by atoms with Crippen LogP contribution in [0.1, 0.15) is 6.42 Å². The van der Waals surface area contributed by atoms with Gasteiger partial charge in [0, 0.05) is 52.0 Å². The fourth-order valence-electron chi connectivity index (χ4n) is 2.34. The molecule has 26 heavy (non-hydrogen) atoms. The number of rotatable bonds is 9. The summed E-state index contributed by atoms with van der Waals surface area (Å²) < 4.78 is 10.7. The van der Waals surface area contributed by atoms with Crippen molar-refractivity contribution >= 4 is 23.6 Å². The van der Waals surface area contributed by atoms with E-state index in [1.807, 2.05) is 24.3 Å². The number of guanidine groups is 1. The van der Waals surface area contributed by atoms with E-state index in [4.69, 9.17) is 9.47 Å². The molecule has 3 amide bonds. The number of benzene rings is 1. The van der Waals surface area contributed by atoms with Crippen molar-refractivity contribution < 1.29 is 19.1 Å². The number of carbonyl (C=O) groups excluding carboxylic acids is 2. The third-order valence-electron chi connectivity index (χ3n) is 3.65. The molecular weight excluding hydrogens is 338 g/mol. The maximum Gasteiger partial charge on any atom is 0.324 e. The van der Waals surface area contributed by atoms with Gasteiger partial charge in [0.05, 0.1) is 13.2 Å². The summed E-state index contributed by atoms with van der Waals surface area (Å²) in [5, 5.41) is 8.71. The van der Waals surface area contributed by atoms with Crippen molar-refractivity contribution in [1.82, 2.24) is 15.5 Å². The first-order chi connectivity index (χ1) is 12.6. The fraction of sp³-hybridized carbons (Fsp3) is 0.471. The second kappa shape index (κ2) is 10.2. The van der Waals surface area contributed by atoms with E-state index in [-0.39, 0.29) is 25.0 Å². The number of nitrogens with one attached hydrogen (secondary N) is 3. The minimum absolute atomic E-state index is 0.0585. The van der Waals surface area contributed by atoms with Gasteiger partial charge in [-0.15, -0.1) is 0 Å². The van der Waals surface area contributed by atoms with Crippen LogP contribution in [-0.4, -0.2) is 69.8 Å². The van der Waals surface area contributed by atoms with E-state index in [9.17, 15) is 9.59 Å². The number of hydrogen-bond donors (Lipinski definition) is 3. The average molecular weight is 363 g/mol. The van der Waals surface area contributed by atoms with E-state index in [2.05, 4.69) is 20.9 Å². The predicted molar refractivity (Wildman–Crippen MR) is 98.5 cm³/mol. The Bertz CT molecular complexity index is 634. The monoisotopic (exact) mass is 363 g/mol. The van der Waals surface area contributed by atoms with E-state index in [1.165, 1.54) is 4.90 Å². The van der Waals surface area contributed by atoms with Gasteiger partial charge in [0.25, 0.3) is 0 Å². The van der Waals surface area contributed by atoms with Gasteiger partial charge in [0.15, 0.2) is 5.96 Å². The second-order valence-corrected chi connectivity index (χ2v) is 5.55. The van der Waals surface area contributed by atoms with Crippen LogP contribution in [0.2, 0.25) is 0 Å². The molecule has 3 N–H and O–H groups in total. The number of methoxy groups -OCH3 is 1. The zero-order chi connectivity index (χ0) is 18.8. The average Bonchev–Trinajstić information content (AvgIpc) is 2.96. The lowest BCUT2D eigenvalue weighted by molar-refractivity contribution is -0.124. The Morgan fingerprint density at radius 1 is 1.35 bits per heavy atom. The number of ether oxygens (including phenoxy) is 2. The molecule has 0 bridgehead atoms. The number of anilines is 1. The molecule has 9 nitrogen and oxygen atoms in total. The van der Waals surface area contributed by atoms with Crippen molar-refractivity contribution in [2.75, 3.05) is 52.3 Å². The van der Waals surface area contributed by atoms with Crippen molar-refractivity contribution in [2.45, 2.75) is 6.42 Å². The highest BCUT2D eigenvalue weighted by molar-refractivity contribution is 6.02. The zero-order valence-electron chi connectivity index (χ0n) is 15.1. The van der Waals surface area contributed by atoms with Gasteiger partial charge < -0.3 is 25.4 Å². The molecule has 1 aromatic carbocycles. The van der Waals surface area contributed by atoms with Crippen LogP contribution in [0.25, 0.3) is 0 Å². The summed E-state index contributed by atoms with van der Waals surface area (Å²) in [7, 11) is 3.31. The molecule has 1 fully saturated rings. The van der Waals surface area contributed by atoms with Crippen LogP contribution in [-0.2, 0) is 9.53 Å². The van der Waals surface area contributed by atoms with Crippen LogP contribution < -0.4 is 20.7 Å². The van der Waals surface area contributed by atoms with Gasteiger partial charge in [-0.25, -0.2) is 4.79 Å². The minimum atomic E-state index is -0.363. The van der Waals surface area contributed by atoms with E-state index in [0.29, 0.717) is 25.7 Å². The second-order valence-electron chi connectivity index (χ2n) is 5.55. The normalized spacial score (nSPS) is 14.4. The van der Waals surface area contributed by atoms with E-state index in [0.717, 1.165) is 17.9 Å². The predicted octanol–water partition coefficient (Wildman–Crippen LogP) is 0.641. The lowest BCUT2D eigenvalue weighted by atomic mass is 10.3. The Labute approximate surface area is 152 Å². The highest BCUT2D eigenvalue weighted by Crippen LogP contribution is 2.17. The molecule has 0 spiro atoms. The smallest absolute Gasteiger partial charge is 0.324 e. The third kappa shape index (κ3) is 5.92. The van der Waals surface area contributed by atoms with Gasteiger partial charge in [-0.2, -0.15) is 0 Å². The van der Waals surface area contributed by atoms with E-state index < -0.39 is 0 Å². The number of aliphatic imine (C=N–C) groups is 1. The molecule has 0 aromatic heterocycles. The molecule has 1 heterocycles. The maximum absolute atomic E-state index is 11.5. The first-order valence-corrected chi connectivity index (χ1v) is 8.41. The van der Waals surface area contributed by atoms with Crippen molar-refractivity contribution in [3.05, 3.63) is 24.3 Å². The van der Waals surface area contributed by atoms with Crippen molar-refractivity contribution in [3.63, 3.8) is 0 Å². The molecule has 0 radical (unpaired) electrons. The molecule has 0 atom stereocenters. The molecule has 2 rings (SSSR count). The summed E-state index contributed by atoms with van der Waals surface area (Å²) in [6.07, 6.45) is 0.820. The molecule has 0 saturated carbocycles. The first kappa shape index (κ1) is 19.5. The van der Waals surface area contributed by atoms with Crippen molar-refractivity contribution in [3.8, 4) is 5.75 Å².